The molecule has 0 radical (unpaired) electrons. The van der Waals surface area contributed by atoms with Crippen molar-refractivity contribution in [2.75, 3.05) is 18.5 Å². The van der Waals surface area contributed by atoms with Crippen LogP contribution in [-0.4, -0.2) is 13.6 Å². The lowest BCUT2D eigenvalue weighted by Gasteiger charge is -2.23. The van der Waals surface area contributed by atoms with Gasteiger partial charge in [0.1, 0.15) is 0 Å². The molecule has 0 saturated carbocycles. The van der Waals surface area contributed by atoms with Crippen molar-refractivity contribution in [3.8, 4) is 0 Å². The third kappa shape index (κ3) is 4.33. The number of rotatable bonds is 6. The Morgan fingerprint density at radius 3 is 2.33 bits per heavy atom. The Balaban J connectivity index is 2.16. The largest absolute Gasteiger partial charge is 0.344 e. The average molecular weight is 282 g/mol. The van der Waals surface area contributed by atoms with Crippen molar-refractivity contribution in [2.24, 2.45) is 5.92 Å². The Morgan fingerprint density at radius 1 is 1.00 bits per heavy atom. The Morgan fingerprint density at radius 2 is 1.67 bits per heavy atom. The standard InChI is InChI=1S/C19H26N2/c1-15(2)13-20-14-17-7-5-6-8-19(17)21(4)18-11-9-16(3)10-12-18/h5-12,15,20H,13-14H2,1-4H3. The first kappa shape index (κ1) is 15.6. The lowest BCUT2D eigenvalue weighted by atomic mass is 10.1. The molecular formula is C19H26N2. The van der Waals surface area contributed by atoms with Crippen molar-refractivity contribution in [1.82, 2.24) is 5.32 Å². The molecule has 0 aromatic heterocycles. The smallest absolute Gasteiger partial charge is 0.0453 e. The predicted molar refractivity (Wildman–Crippen MR) is 92.2 cm³/mol. The van der Waals surface area contributed by atoms with Gasteiger partial charge in [-0.05, 0) is 43.1 Å². The van der Waals surface area contributed by atoms with Crippen LogP contribution in [0.2, 0.25) is 0 Å². The second-order valence-corrected chi connectivity index (χ2v) is 6.05. The highest BCUT2D eigenvalue weighted by Crippen LogP contribution is 2.27. The molecule has 2 aromatic rings. The molecule has 2 rings (SSSR count). The first-order valence-electron chi connectivity index (χ1n) is 7.67. The van der Waals surface area contributed by atoms with Gasteiger partial charge < -0.3 is 10.2 Å². The number of anilines is 2. The van der Waals surface area contributed by atoms with E-state index in [4.69, 9.17) is 0 Å². The van der Waals surface area contributed by atoms with Crippen LogP contribution >= 0.6 is 0 Å². The summed E-state index contributed by atoms with van der Waals surface area (Å²) in [5, 5.41) is 3.53. The van der Waals surface area contributed by atoms with Crippen LogP contribution in [0.1, 0.15) is 25.0 Å². The zero-order chi connectivity index (χ0) is 15.2. The SMILES string of the molecule is Cc1ccc(N(C)c2ccccc2CNCC(C)C)cc1. The Labute approximate surface area is 128 Å². The quantitative estimate of drug-likeness (QED) is 0.838. The summed E-state index contributed by atoms with van der Waals surface area (Å²) in [6, 6.07) is 17.3. The second-order valence-electron chi connectivity index (χ2n) is 6.05. The van der Waals surface area contributed by atoms with Crippen LogP contribution < -0.4 is 10.2 Å². The highest BCUT2D eigenvalue weighted by molar-refractivity contribution is 5.65. The van der Waals surface area contributed by atoms with Gasteiger partial charge in [-0.15, -0.1) is 0 Å². The van der Waals surface area contributed by atoms with Crippen LogP contribution in [0.5, 0.6) is 0 Å². The third-order valence-corrected chi connectivity index (χ3v) is 3.64. The molecule has 0 aliphatic carbocycles. The first-order valence-corrected chi connectivity index (χ1v) is 7.67. The molecule has 0 fully saturated rings. The molecule has 2 heteroatoms. The fourth-order valence-corrected chi connectivity index (χ4v) is 2.39. The van der Waals surface area contributed by atoms with Crippen LogP contribution in [0.15, 0.2) is 48.5 Å². The second kappa shape index (κ2) is 7.28. The summed E-state index contributed by atoms with van der Waals surface area (Å²) >= 11 is 0. The van der Waals surface area contributed by atoms with Gasteiger partial charge in [-0.3, -0.25) is 0 Å². The number of benzene rings is 2. The van der Waals surface area contributed by atoms with E-state index in [1.54, 1.807) is 0 Å². The van der Waals surface area contributed by atoms with E-state index in [1.165, 1.54) is 22.5 Å². The normalized spacial score (nSPS) is 10.9. The fraction of sp³-hybridized carbons (Fsp3) is 0.368. The summed E-state index contributed by atoms with van der Waals surface area (Å²) in [5.74, 6) is 0.673. The molecule has 21 heavy (non-hydrogen) atoms. The molecule has 0 spiro atoms. The molecule has 0 unspecified atom stereocenters. The zero-order valence-corrected chi connectivity index (χ0v) is 13.6. The zero-order valence-electron chi connectivity index (χ0n) is 13.6. The summed E-state index contributed by atoms with van der Waals surface area (Å²) in [5.41, 5.74) is 5.11. The minimum Gasteiger partial charge on any atom is -0.344 e. The molecule has 112 valence electrons. The Hall–Kier alpha value is -1.80. The van der Waals surface area contributed by atoms with E-state index in [2.05, 4.69) is 86.6 Å². The third-order valence-electron chi connectivity index (χ3n) is 3.64. The molecule has 0 aliphatic heterocycles. The molecule has 0 amide bonds. The van der Waals surface area contributed by atoms with E-state index in [0.29, 0.717) is 5.92 Å². The van der Waals surface area contributed by atoms with Crippen molar-refractivity contribution in [1.29, 1.82) is 0 Å². The van der Waals surface area contributed by atoms with Crippen LogP contribution in [0, 0.1) is 12.8 Å². The van der Waals surface area contributed by atoms with Crippen LogP contribution in [-0.2, 0) is 6.54 Å². The van der Waals surface area contributed by atoms with E-state index in [-0.39, 0.29) is 0 Å². The molecule has 0 saturated heterocycles. The van der Waals surface area contributed by atoms with Crippen LogP contribution in [0.4, 0.5) is 11.4 Å². The van der Waals surface area contributed by atoms with E-state index >= 15 is 0 Å². The van der Waals surface area contributed by atoms with Crippen LogP contribution in [0.25, 0.3) is 0 Å². The average Bonchev–Trinajstić information content (AvgIpc) is 2.47. The van der Waals surface area contributed by atoms with Crippen molar-refractivity contribution in [3.63, 3.8) is 0 Å². The maximum absolute atomic E-state index is 3.53. The van der Waals surface area contributed by atoms with Gasteiger partial charge >= 0.3 is 0 Å². The molecule has 0 heterocycles. The van der Waals surface area contributed by atoms with Gasteiger partial charge in [0.25, 0.3) is 0 Å². The fourth-order valence-electron chi connectivity index (χ4n) is 2.39. The molecular weight excluding hydrogens is 256 g/mol. The minimum atomic E-state index is 0.673. The molecule has 0 atom stereocenters. The number of para-hydroxylation sites is 1. The lowest BCUT2D eigenvalue weighted by Crippen LogP contribution is -2.21. The number of aryl methyl sites for hydroxylation is 1. The molecule has 0 bridgehead atoms. The van der Waals surface area contributed by atoms with Gasteiger partial charge in [-0.1, -0.05) is 49.7 Å². The van der Waals surface area contributed by atoms with Crippen molar-refractivity contribution < 1.29 is 0 Å². The minimum absolute atomic E-state index is 0.673. The summed E-state index contributed by atoms with van der Waals surface area (Å²) in [6.07, 6.45) is 0. The van der Waals surface area contributed by atoms with Gasteiger partial charge in [-0.25, -0.2) is 0 Å². The highest BCUT2D eigenvalue weighted by Gasteiger charge is 2.08. The maximum atomic E-state index is 3.53. The molecule has 2 nitrogen and oxygen atoms in total. The molecule has 1 N–H and O–H groups in total. The lowest BCUT2D eigenvalue weighted by molar-refractivity contribution is 0.552. The summed E-state index contributed by atoms with van der Waals surface area (Å²) in [4.78, 5) is 2.26. The predicted octanol–water partition coefficient (Wildman–Crippen LogP) is 4.51. The van der Waals surface area contributed by atoms with Crippen molar-refractivity contribution in [3.05, 3.63) is 59.7 Å². The number of hydrogen-bond donors (Lipinski definition) is 1. The van der Waals surface area contributed by atoms with Crippen LogP contribution in [0.3, 0.4) is 0 Å². The number of nitrogens with one attached hydrogen (secondary N) is 1. The Bertz CT molecular complexity index is 558. The van der Waals surface area contributed by atoms with Gasteiger partial charge in [0.15, 0.2) is 0 Å². The topological polar surface area (TPSA) is 15.3 Å². The van der Waals surface area contributed by atoms with Gasteiger partial charge in [0.2, 0.25) is 0 Å². The maximum Gasteiger partial charge on any atom is 0.0453 e. The summed E-state index contributed by atoms with van der Waals surface area (Å²) in [7, 11) is 2.13. The van der Waals surface area contributed by atoms with E-state index in [0.717, 1.165) is 13.1 Å². The monoisotopic (exact) mass is 282 g/mol. The number of nitrogens with zero attached hydrogens (tertiary/aromatic N) is 1. The number of hydrogen-bond acceptors (Lipinski definition) is 2. The molecule has 2 aromatic carbocycles. The van der Waals surface area contributed by atoms with E-state index in [9.17, 15) is 0 Å². The van der Waals surface area contributed by atoms with E-state index in [1.807, 2.05) is 0 Å². The summed E-state index contributed by atoms with van der Waals surface area (Å²) < 4.78 is 0. The molecule has 0 aliphatic rings. The van der Waals surface area contributed by atoms with Gasteiger partial charge in [0, 0.05) is 25.0 Å². The van der Waals surface area contributed by atoms with Gasteiger partial charge in [-0.2, -0.15) is 0 Å². The Kier molecular flexibility index (Phi) is 5.40. The summed E-state index contributed by atoms with van der Waals surface area (Å²) in [6.45, 7) is 8.54. The van der Waals surface area contributed by atoms with Crippen molar-refractivity contribution >= 4 is 11.4 Å². The van der Waals surface area contributed by atoms with E-state index < -0.39 is 0 Å². The van der Waals surface area contributed by atoms with Crippen molar-refractivity contribution in [2.45, 2.75) is 27.3 Å². The highest BCUT2D eigenvalue weighted by atomic mass is 15.1. The van der Waals surface area contributed by atoms with Gasteiger partial charge in [0.05, 0.1) is 0 Å². The first-order chi connectivity index (χ1) is 10.1.